The summed E-state index contributed by atoms with van der Waals surface area (Å²) in [6, 6.07) is 8.83. The molecule has 1 aliphatic carbocycles. The van der Waals surface area contributed by atoms with Crippen molar-refractivity contribution in [2.24, 2.45) is 5.41 Å². The highest BCUT2D eigenvalue weighted by molar-refractivity contribution is 5.54. The van der Waals surface area contributed by atoms with E-state index in [1.807, 2.05) is 13.8 Å². The van der Waals surface area contributed by atoms with Crippen molar-refractivity contribution in [3.63, 3.8) is 0 Å². The molecule has 7 nitrogen and oxygen atoms in total. The number of hydrogen-bond acceptors (Lipinski definition) is 7. The second-order valence-electron chi connectivity index (χ2n) is 8.89. The number of aliphatic hydroxyl groups excluding tert-OH is 1. The summed E-state index contributed by atoms with van der Waals surface area (Å²) >= 11 is 0. The number of rotatable bonds is 8. The van der Waals surface area contributed by atoms with Gasteiger partial charge in [0.05, 0.1) is 12.3 Å². The highest BCUT2D eigenvalue weighted by atomic mass is 19.3. The number of aromatic nitrogens is 2. The Morgan fingerprint density at radius 2 is 2.06 bits per heavy atom. The number of halogens is 2. The topological polar surface area (TPSA) is 103 Å². The van der Waals surface area contributed by atoms with Crippen LogP contribution in [0.5, 0.6) is 5.75 Å². The third kappa shape index (κ3) is 6.26. The van der Waals surface area contributed by atoms with E-state index in [0.29, 0.717) is 49.2 Å². The zero-order chi connectivity index (χ0) is 23.4. The number of anilines is 2. The number of ether oxygens (including phenoxy) is 1. The molecule has 1 aliphatic rings. The van der Waals surface area contributed by atoms with Gasteiger partial charge in [-0.15, -0.1) is 0 Å². The summed E-state index contributed by atoms with van der Waals surface area (Å²) in [6.45, 7) is 5.15. The summed E-state index contributed by atoms with van der Waals surface area (Å²) in [5, 5.41) is 26.0. The van der Waals surface area contributed by atoms with Crippen molar-refractivity contribution < 1.29 is 18.6 Å². The van der Waals surface area contributed by atoms with Crippen LogP contribution in [-0.2, 0) is 6.42 Å². The molecule has 0 radical (unpaired) electrons. The lowest BCUT2D eigenvalue weighted by Crippen LogP contribution is -2.41. The fraction of sp³-hybridized carbons (Fsp3) is 0.522. The van der Waals surface area contributed by atoms with E-state index >= 15 is 0 Å². The maximum atomic E-state index is 13.2. The van der Waals surface area contributed by atoms with Crippen molar-refractivity contribution in [3.8, 4) is 11.8 Å². The SMILES string of the molecule is CC(F)(F)Oc1ccccc1CCNc1ncc(C#N)c(N[C@@H]2CC[C@H](O)C(C)(C)C2)n1. The molecular formula is C23H29F2N5O2. The Bertz CT molecular complexity index is 972. The van der Waals surface area contributed by atoms with Crippen molar-refractivity contribution >= 4 is 11.8 Å². The van der Waals surface area contributed by atoms with Gasteiger partial charge in [-0.1, -0.05) is 32.0 Å². The maximum absolute atomic E-state index is 13.2. The highest BCUT2D eigenvalue weighted by Crippen LogP contribution is 2.37. The molecule has 0 saturated heterocycles. The molecule has 2 aromatic rings. The molecule has 3 N–H and O–H groups in total. The summed E-state index contributed by atoms with van der Waals surface area (Å²) < 4.78 is 31.2. The minimum absolute atomic E-state index is 0.0861. The summed E-state index contributed by atoms with van der Waals surface area (Å²) in [6.07, 6.45) is 0.483. The molecule has 1 fully saturated rings. The van der Waals surface area contributed by atoms with Gasteiger partial charge in [0, 0.05) is 19.5 Å². The summed E-state index contributed by atoms with van der Waals surface area (Å²) in [5.74, 6) is 0.907. The molecule has 9 heteroatoms. The molecule has 0 bridgehead atoms. The van der Waals surface area contributed by atoms with Gasteiger partial charge in [-0.2, -0.15) is 19.0 Å². The van der Waals surface area contributed by atoms with Crippen LogP contribution in [0, 0.1) is 16.7 Å². The molecule has 0 spiro atoms. The van der Waals surface area contributed by atoms with Gasteiger partial charge < -0.3 is 20.5 Å². The Kier molecular flexibility index (Phi) is 7.14. The van der Waals surface area contributed by atoms with E-state index in [4.69, 9.17) is 4.74 Å². The number of alkyl halides is 2. The van der Waals surface area contributed by atoms with E-state index in [1.165, 1.54) is 12.3 Å². The smallest absolute Gasteiger partial charge is 0.394 e. The third-order valence-corrected chi connectivity index (χ3v) is 5.65. The van der Waals surface area contributed by atoms with Crippen molar-refractivity contribution in [1.29, 1.82) is 5.26 Å². The quantitative estimate of drug-likeness (QED) is 0.555. The Labute approximate surface area is 186 Å². The number of hydrogen-bond donors (Lipinski definition) is 3. The predicted molar refractivity (Wildman–Crippen MR) is 118 cm³/mol. The first-order valence-electron chi connectivity index (χ1n) is 10.7. The molecule has 0 aliphatic heterocycles. The molecule has 3 rings (SSSR count). The van der Waals surface area contributed by atoms with Gasteiger partial charge in [0.1, 0.15) is 23.2 Å². The lowest BCUT2D eigenvalue weighted by Gasteiger charge is -2.40. The molecule has 2 atom stereocenters. The minimum Gasteiger partial charge on any atom is -0.432 e. The average Bonchev–Trinajstić information content (AvgIpc) is 2.71. The zero-order valence-corrected chi connectivity index (χ0v) is 18.5. The maximum Gasteiger partial charge on any atom is 0.394 e. The fourth-order valence-corrected chi connectivity index (χ4v) is 3.91. The Balaban J connectivity index is 1.65. The van der Waals surface area contributed by atoms with Crippen LogP contribution in [0.1, 0.15) is 51.2 Å². The van der Waals surface area contributed by atoms with E-state index < -0.39 is 6.11 Å². The number of aliphatic hydroxyl groups is 1. The number of nitriles is 1. The standard InChI is InChI=1S/C23H29F2N5O2/c1-22(2)12-17(8-9-19(22)31)29-20-16(13-26)14-28-21(30-20)27-11-10-15-6-4-5-7-18(15)32-23(3,24)25/h4-7,14,17,19,31H,8-12H2,1-3H3,(H2,27,28,29,30)/t17-,19+/m1/s1. The van der Waals surface area contributed by atoms with Gasteiger partial charge in [0.2, 0.25) is 5.95 Å². The van der Waals surface area contributed by atoms with E-state index in [0.717, 1.165) is 12.8 Å². The van der Waals surface area contributed by atoms with Crippen LogP contribution >= 0.6 is 0 Å². The van der Waals surface area contributed by atoms with Gasteiger partial charge in [0.25, 0.3) is 0 Å². The van der Waals surface area contributed by atoms with Crippen molar-refractivity contribution in [3.05, 3.63) is 41.6 Å². The highest BCUT2D eigenvalue weighted by Gasteiger charge is 2.36. The van der Waals surface area contributed by atoms with E-state index in [9.17, 15) is 19.1 Å². The Morgan fingerprint density at radius 3 is 2.75 bits per heavy atom. The number of nitrogens with one attached hydrogen (secondary N) is 2. The molecule has 0 amide bonds. The van der Waals surface area contributed by atoms with Crippen molar-refractivity contribution in [2.75, 3.05) is 17.2 Å². The van der Waals surface area contributed by atoms with Crippen LogP contribution in [-0.4, -0.2) is 39.9 Å². The van der Waals surface area contributed by atoms with Gasteiger partial charge in [-0.3, -0.25) is 0 Å². The number of benzene rings is 1. The van der Waals surface area contributed by atoms with Crippen LogP contribution in [0.15, 0.2) is 30.5 Å². The predicted octanol–water partition coefficient (Wildman–Crippen LogP) is 4.35. The number of para-hydroxylation sites is 1. The van der Waals surface area contributed by atoms with Crippen molar-refractivity contribution in [1.82, 2.24) is 9.97 Å². The second-order valence-corrected chi connectivity index (χ2v) is 8.89. The van der Waals surface area contributed by atoms with Gasteiger partial charge in [-0.05, 0) is 42.7 Å². The molecule has 1 aromatic carbocycles. The van der Waals surface area contributed by atoms with Gasteiger partial charge >= 0.3 is 6.11 Å². The van der Waals surface area contributed by atoms with Gasteiger partial charge in [0.15, 0.2) is 0 Å². The lowest BCUT2D eigenvalue weighted by atomic mass is 9.73. The monoisotopic (exact) mass is 445 g/mol. The second kappa shape index (κ2) is 9.65. The largest absolute Gasteiger partial charge is 0.432 e. The van der Waals surface area contributed by atoms with E-state index in [2.05, 4.69) is 26.7 Å². The molecular weight excluding hydrogens is 416 g/mol. The first-order valence-corrected chi connectivity index (χ1v) is 10.7. The third-order valence-electron chi connectivity index (χ3n) is 5.65. The first-order chi connectivity index (χ1) is 15.1. The molecule has 1 saturated carbocycles. The zero-order valence-electron chi connectivity index (χ0n) is 18.5. The van der Waals surface area contributed by atoms with E-state index in [-0.39, 0.29) is 23.3 Å². The molecule has 172 valence electrons. The molecule has 32 heavy (non-hydrogen) atoms. The van der Waals surface area contributed by atoms with Gasteiger partial charge in [-0.25, -0.2) is 4.98 Å². The molecule has 1 heterocycles. The lowest BCUT2D eigenvalue weighted by molar-refractivity contribution is -0.159. The van der Waals surface area contributed by atoms with Crippen LogP contribution in [0.4, 0.5) is 20.5 Å². The fourth-order valence-electron chi connectivity index (χ4n) is 3.91. The summed E-state index contributed by atoms with van der Waals surface area (Å²) in [5.41, 5.74) is 0.751. The summed E-state index contributed by atoms with van der Waals surface area (Å²) in [4.78, 5) is 8.63. The van der Waals surface area contributed by atoms with Crippen LogP contribution in [0.2, 0.25) is 0 Å². The average molecular weight is 446 g/mol. The van der Waals surface area contributed by atoms with E-state index in [1.54, 1.807) is 18.2 Å². The van der Waals surface area contributed by atoms with Crippen LogP contribution < -0.4 is 15.4 Å². The Morgan fingerprint density at radius 1 is 1.31 bits per heavy atom. The summed E-state index contributed by atoms with van der Waals surface area (Å²) in [7, 11) is 0. The Hall–Kier alpha value is -2.99. The molecule has 1 aromatic heterocycles. The minimum atomic E-state index is -3.26. The number of nitrogens with zero attached hydrogens (tertiary/aromatic N) is 3. The first kappa shape index (κ1) is 23.7. The van der Waals surface area contributed by atoms with Crippen molar-refractivity contribution in [2.45, 2.75) is 64.7 Å². The van der Waals surface area contributed by atoms with Crippen LogP contribution in [0.25, 0.3) is 0 Å². The van der Waals surface area contributed by atoms with Crippen LogP contribution in [0.3, 0.4) is 0 Å². The normalized spacial score (nSPS) is 20.3. The molecule has 0 unspecified atom stereocenters.